The molecule has 22 heavy (non-hydrogen) atoms. The van der Waals surface area contributed by atoms with Crippen molar-refractivity contribution in [2.45, 2.75) is 6.92 Å². The summed E-state index contributed by atoms with van der Waals surface area (Å²) in [5.41, 5.74) is 1.02. The lowest BCUT2D eigenvalue weighted by atomic mass is 10.2. The van der Waals surface area contributed by atoms with Crippen LogP contribution in [0.3, 0.4) is 0 Å². The molecule has 0 bridgehead atoms. The molecule has 0 saturated heterocycles. The standard InChI is InChI=1S/C16H16BrNO4/c1-3-22-12-6-4-11(5-7-12)18-16(20)10-8-13(17)15(19)14(9-10)21-2/h4-9,19H,3H2,1-2H3,(H,18,20). The fourth-order valence-electron chi connectivity index (χ4n) is 1.86. The molecule has 0 unspecified atom stereocenters. The number of rotatable bonds is 5. The van der Waals surface area contributed by atoms with Crippen LogP contribution in [0.1, 0.15) is 17.3 Å². The van der Waals surface area contributed by atoms with Gasteiger partial charge in [0.15, 0.2) is 11.5 Å². The molecule has 0 saturated carbocycles. The maximum Gasteiger partial charge on any atom is 0.255 e. The Kier molecular flexibility index (Phi) is 5.27. The molecule has 0 aliphatic carbocycles. The first-order chi connectivity index (χ1) is 10.5. The van der Waals surface area contributed by atoms with Crippen molar-refractivity contribution in [3.8, 4) is 17.2 Å². The van der Waals surface area contributed by atoms with E-state index >= 15 is 0 Å². The van der Waals surface area contributed by atoms with Gasteiger partial charge in [0.2, 0.25) is 0 Å². The van der Waals surface area contributed by atoms with Crippen molar-refractivity contribution in [3.05, 3.63) is 46.4 Å². The number of ether oxygens (including phenoxy) is 2. The van der Waals surface area contributed by atoms with Crippen LogP contribution < -0.4 is 14.8 Å². The molecule has 5 nitrogen and oxygen atoms in total. The molecular weight excluding hydrogens is 350 g/mol. The third-order valence-electron chi connectivity index (χ3n) is 2.93. The van der Waals surface area contributed by atoms with Gasteiger partial charge in [-0.3, -0.25) is 4.79 Å². The summed E-state index contributed by atoms with van der Waals surface area (Å²) in [4.78, 5) is 12.3. The largest absolute Gasteiger partial charge is 0.503 e. The molecule has 0 heterocycles. The summed E-state index contributed by atoms with van der Waals surface area (Å²) < 4.78 is 10.8. The van der Waals surface area contributed by atoms with Crippen molar-refractivity contribution in [1.82, 2.24) is 0 Å². The van der Waals surface area contributed by atoms with Crippen molar-refractivity contribution < 1.29 is 19.4 Å². The van der Waals surface area contributed by atoms with Crippen LogP contribution in [-0.2, 0) is 0 Å². The number of aromatic hydroxyl groups is 1. The molecule has 116 valence electrons. The summed E-state index contributed by atoms with van der Waals surface area (Å²) in [5.74, 6) is 0.629. The van der Waals surface area contributed by atoms with Crippen LogP contribution in [-0.4, -0.2) is 24.7 Å². The summed E-state index contributed by atoms with van der Waals surface area (Å²) in [5, 5.41) is 12.5. The number of phenols is 1. The molecular formula is C16H16BrNO4. The van der Waals surface area contributed by atoms with Crippen LogP contribution in [0, 0.1) is 0 Å². The van der Waals surface area contributed by atoms with Gasteiger partial charge in [0.25, 0.3) is 5.91 Å². The molecule has 0 radical (unpaired) electrons. The summed E-state index contributed by atoms with van der Waals surface area (Å²) >= 11 is 3.19. The molecule has 1 amide bonds. The van der Waals surface area contributed by atoms with E-state index in [0.717, 1.165) is 5.75 Å². The van der Waals surface area contributed by atoms with E-state index in [-0.39, 0.29) is 17.4 Å². The van der Waals surface area contributed by atoms with E-state index in [0.29, 0.717) is 22.3 Å². The van der Waals surface area contributed by atoms with Crippen molar-refractivity contribution >= 4 is 27.5 Å². The Morgan fingerprint density at radius 3 is 2.55 bits per heavy atom. The zero-order chi connectivity index (χ0) is 16.1. The number of nitrogens with one attached hydrogen (secondary N) is 1. The van der Waals surface area contributed by atoms with Crippen LogP contribution in [0.4, 0.5) is 5.69 Å². The van der Waals surface area contributed by atoms with E-state index in [1.165, 1.54) is 19.2 Å². The molecule has 2 aromatic carbocycles. The number of hydrogen-bond acceptors (Lipinski definition) is 4. The topological polar surface area (TPSA) is 67.8 Å². The highest BCUT2D eigenvalue weighted by Gasteiger charge is 2.14. The number of amides is 1. The maximum atomic E-state index is 12.3. The van der Waals surface area contributed by atoms with Crippen LogP contribution >= 0.6 is 15.9 Å². The molecule has 2 N–H and O–H groups in total. The van der Waals surface area contributed by atoms with Crippen molar-refractivity contribution in [2.75, 3.05) is 19.0 Å². The van der Waals surface area contributed by atoms with Gasteiger partial charge < -0.3 is 19.9 Å². The minimum Gasteiger partial charge on any atom is -0.503 e. The first-order valence-corrected chi connectivity index (χ1v) is 7.45. The highest BCUT2D eigenvalue weighted by molar-refractivity contribution is 9.10. The van der Waals surface area contributed by atoms with Crippen molar-refractivity contribution in [1.29, 1.82) is 0 Å². The molecule has 0 atom stereocenters. The van der Waals surface area contributed by atoms with Crippen LogP contribution in [0.15, 0.2) is 40.9 Å². The summed E-state index contributed by atoms with van der Waals surface area (Å²) in [6.45, 7) is 2.50. The molecule has 2 rings (SSSR count). The van der Waals surface area contributed by atoms with E-state index in [1.54, 1.807) is 24.3 Å². The first kappa shape index (κ1) is 16.2. The summed E-state index contributed by atoms with van der Waals surface area (Å²) in [6, 6.07) is 10.1. The van der Waals surface area contributed by atoms with Gasteiger partial charge in [-0.25, -0.2) is 0 Å². The predicted octanol–water partition coefficient (Wildman–Crippen LogP) is 3.81. The van der Waals surface area contributed by atoms with Gasteiger partial charge in [0.05, 0.1) is 18.2 Å². The van der Waals surface area contributed by atoms with Crippen molar-refractivity contribution in [2.24, 2.45) is 0 Å². The highest BCUT2D eigenvalue weighted by atomic mass is 79.9. The van der Waals surface area contributed by atoms with E-state index in [4.69, 9.17) is 9.47 Å². The smallest absolute Gasteiger partial charge is 0.255 e. The Bertz CT molecular complexity index is 671. The lowest BCUT2D eigenvalue weighted by Gasteiger charge is -2.10. The monoisotopic (exact) mass is 365 g/mol. The third-order valence-corrected chi connectivity index (χ3v) is 3.54. The van der Waals surface area contributed by atoms with Gasteiger partial charge in [-0.2, -0.15) is 0 Å². The second-order valence-corrected chi connectivity index (χ2v) is 5.27. The number of methoxy groups -OCH3 is 1. The number of carbonyl (C=O) groups is 1. The summed E-state index contributed by atoms with van der Waals surface area (Å²) in [7, 11) is 1.43. The molecule has 0 fully saturated rings. The van der Waals surface area contributed by atoms with Crippen LogP contribution in [0.5, 0.6) is 17.2 Å². The van der Waals surface area contributed by atoms with E-state index < -0.39 is 0 Å². The number of carbonyl (C=O) groups excluding carboxylic acids is 1. The third kappa shape index (κ3) is 3.71. The number of phenolic OH excluding ortho intramolecular Hbond substituents is 1. The minimum atomic E-state index is -0.303. The molecule has 2 aromatic rings. The SMILES string of the molecule is CCOc1ccc(NC(=O)c2cc(Br)c(O)c(OC)c2)cc1. The van der Waals surface area contributed by atoms with Crippen LogP contribution in [0.25, 0.3) is 0 Å². The second-order valence-electron chi connectivity index (χ2n) is 4.42. The predicted molar refractivity (Wildman–Crippen MR) is 87.9 cm³/mol. The lowest BCUT2D eigenvalue weighted by molar-refractivity contribution is 0.102. The van der Waals surface area contributed by atoms with Crippen molar-refractivity contribution in [3.63, 3.8) is 0 Å². The fourth-order valence-corrected chi connectivity index (χ4v) is 2.31. The number of halogens is 1. The molecule has 0 aromatic heterocycles. The fraction of sp³-hybridized carbons (Fsp3) is 0.188. The lowest BCUT2D eigenvalue weighted by Crippen LogP contribution is -2.12. The van der Waals surface area contributed by atoms with Gasteiger partial charge >= 0.3 is 0 Å². The molecule has 6 heteroatoms. The minimum absolute atomic E-state index is 0.0416. The van der Waals surface area contributed by atoms with E-state index in [1.807, 2.05) is 6.92 Å². The van der Waals surface area contributed by atoms with Crippen LogP contribution in [0.2, 0.25) is 0 Å². The zero-order valence-electron chi connectivity index (χ0n) is 12.2. The Morgan fingerprint density at radius 2 is 1.95 bits per heavy atom. The first-order valence-electron chi connectivity index (χ1n) is 6.66. The Morgan fingerprint density at radius 1 is 1.27 bits per heavy atom. The Balaban J connectivity index is 2.16. The van der Waals surface area contributed by atoms with E-state index in [9.17, 15) is 9.90 Å². The van der Waals surface area contributed by atoms with Gasteiger partial charge in [-0.15, -0.1) is 0 Å². The van der Waals surface area contributed by atoms with E-state index in [2.05, 4.69) is 21.2 Å². The van der Waals surface area contributed by atoms with Gasteiger partial charge in [-0.05, 0) is 59.3 Å². The number of hydrogen-bond donors (Lipinski definition) is 2. The molecule has 0 aliphatic rings. The normalized spacial score (nSPS) is 10.1. The average Bonchev–Trinajstić information content (AvgIpc) is 2.52. The van der Waals surface area contributed by atoms with Gasteiger partial charge in [-0.1, -0.05) is 0 Å². The molecule has 0 spiro atoms. The number of anilines is 1. The maximum absolute atomic E-state index is 12.3. The highest BCUT2D eigenvalue weighted by Crippen LogP contribution is 2.35. The zero-order valence-corrected chi connectivity index (χ0v) is 13.8. The second kappa shape index (κ2) is 7.17. The molecule has 0 aliphatic heterocycles. The summed E-state index contributed by atoms with van der Waals surface area (Å²) in [6.07, 6.45) is 0. The number of benzene rings is 2. The average molecular weight is 366 g/mol. The quantitative estimate of drug-likeness (QED) is 0.845. The Labute approximate surface area is 137 Å². The Hall–Kier alpha value is -2.21. The van der Waals surface area contributed by atoms with Gasteiger partial charge in [0.1, 0.15) is 5.75 Å². The van der Waals surface area contributed by atoms with Gasteiger partial charge in [0, 0.05) is 11.3 Å².